The Morgan fingerprint density at radius 1 is 1.32 bits per heavy atom. The van der Waals surface area contributed by atoms with Crippen LogP contribution in [0.1, 0.15) is 36.5 Å². The Balaban J connectivity index is 2.36. The molecule has 0 radical (unpaired) electrons. The second kappa shape index (κ2) is 6.52. The van der Waals surface area contributed by atoms with Gasteiger partial charge in [0.15, 0.2) is 0 Å². The lowest BCUT2D eigenvalue weighted by Gasteiger charge is -2.18. The third-order valence-corrected chi connectivity index (χ3v) is 3.85. The number of halogens is 2. The van der Waals surface area contributed by atoms with Crippen molar-refractivity contribution in [3.05, 3.63) is 56.8 Å². The van der Waals surface area contributed by atoms with Crippen molar-refractivity contribution in [2.75, 3.05) is 6.54 Å². The van der Waals surface area contributed by atoms with E-state index in [0.717, 1.165) is 33.6 Å². The molecule has 0 bridgehead atoms. The van der Waals surface area contributed by atoms with E-state index in [1.165, 1.54) is 6.07 Å². The van der Waals surface area contributed by atoms with Gasteiger partial charge in [-0.2, -0.15) is 0 Å². The number of hydrogen-bond donors (Lipinski definition) is 1. The quantitative estimate of drug-likeness (QED) is 0.785. The van der Waals surface area contributed by atoms with Gasteiger partial charge in [0.1, 0.15) is 17.3 Å². The van der Waals surface area contributed by atoms with Crippen LogP contribution in [0.5, 0.6) is 0 Å². The molecule has 0 saturated heterocycles. The molecule has 1 heterocycles. The van der Waals surface area contributed by atoms with Crippen LogP contribution in [-0.2, 0) is 0 Å². The predicted molar refractivity (Wildman–Crippen MR) is 82.7 cm³/mol. The predicted octanol–water partition coefficient (Wildman–Crippen LogP) is 4.42. The minimum Gasteiger partial charge on any atom is -0.464 e. The Hall–Kier alpha value is -0.880. The van der Waals surface area contributed by atoms with Gasteiger partial charge in [-0.3, -0.25) is 0 Å². The molecule has 1 N–H and O–H groups in total. The van der Waals surface area contributed by atoms with Gasteiger partial charge in [0, 0.05) is 3.57 Å². The van der Waals surface area contributed by atoms with E-state index in [9.17, 15) is 4.39 Å². The molecular formula is C15H17FINO. The fraction of sp³-hybridized carbons (Fsp3) is 0.333. The number of hydrogen-bond acceptors (Lipinski definition) is 2. The van der Waals surface area contributed by atoms with Crippen LogP contribution in [0.15, 0.2) is 34.7 Å². The van der Waals surface area contributed by atoms with Gasteiger partial charge in [0.2, 0.25) is 0 Å². The molecular weight excluding hydrogens is 356 g/mol. The lowest BCUT2D eigenvalue weighted by atomic mass is 10.0. The van der Waals surface area contributed by atoms with Crippen LogP contribution < -0.4 is 5.32 Å². The van der Waals surface area contributed by atoms with Gasteiger partial charge >= 0.3 is 0 Å². The van der Waals surface area contributed by atoms with Gasteiger partial charge in [-0.05, 0) is 72.3 Å². The summed E-state index contributed by atoms with van der Waals surface area (Å²) in [5, 5.41) is 3.45. The van der Waals surface area contributed by atoms with Gasteiger partial charge < -0.3 is 9.73 Å². The minimum atomic E-state index is -0.210. The first kappa shape index (κ1) is 14.5. The summed E-state index contributed by atoms with van der Waals surface area (Å²) in [5.41, 5.74) is 1.05. The Morgan fingerprint density at radius 3 is 2.68 bits per heavy atom. The molecule has 0 fully saturated rings. The Bertz CT molecular complexity index is 553. The van der Waals surface area contributed by atoms with E-state index in [1.807, 2.05) is 25.1 Å². The van der Waals surface area contributed by atoms with E-state index in [1.54, 1.807) is 6.07 Å². The standard InChI is InChI=1S/C15H17FINO/c1-3-8-18-15(14-7-4-10(2)19-14)12-6-5-11(16)9-13(12)17/h4-7,9,15,18H,3,8H2,1-2H3. The van der Waals surface area contributed by atoms with Gasteiger partial charge in [0.25, 0.3) is 0 Å². The van der Waals surface area contributed by atoms with Gasteiger partial charge in [-0.1, -0.05) is 13.0 Å². The van der Waals surface area contributed by atoms with Crippen molar-refractivity contribution in [2.24, 2.45) is 0 Å². The van der Waals surface area contributed by atoms with E-state index >= 15 is 0 Å². The molecule has 0 aliphatic rings. The monoisotopic (exact) mass is 373 g/mol. The number of nitrogens with one attached hydrogen (secondary N) is 1. The summed E-state index contributed by atoms with van der Waals surface area (Å²) in [6.07, 6.45) is 1.04. The van der Waals surface area contributed by atoms with Crippen LogP contribution in [0, 0.1) is 16.3 Å². The smallest absolute Gasteiger partial charge is 0.125 e. The highest BCUT2D eigenvalue weighted by Crippen LogP contribution is 2.28. The van der Waals surface area contributed by atoms with E-state index in [4.69, 9.17) is 4.42 Å². The zero-order chi connectivity index (χ0) is 13.8. The number of benzene rings is 1. The summed E-state index contributed by atoms with van der Waals surface area (Å²) in [6, 6.07) is 8.76. The van der Waals surface area contributed by atoms with Crippen LogP contribution >= 0.6 is 22.6 Å². The summed E-state index contributed by atoms with van der Waals surface area (Å²) in [4.78, 5) is 0. The normalized spacial score (nSPS) is 12.6. The molecule has 2 nitrogen and oxygen atoms in total. The van der Waals surface area contributed by atoms with E-state index in [0.29, 0.717) is 0 Å². The molecule has 0 spiro atoms. The molecule has 0 aliphatic heterocycles. The van der Waals surface area contributed by atoms with E-state index in [-0.39, 0.29) is 11.9 Å². The molecule has 4 heteroatoms. The van der Waals surface area contributed by atoms with Crippen molar-refractivity contribution in [2.45, 2.75) is 26.3 Å². The number of aryl methyl sites for hydroxylation is 1. The fourth-order valence-electron chi connectivity index (χ4n) is 2.00. The van der Waals surface area contributed by atoms with Gasteiger partial charge in [-0.25, -0.2) is 4.39 Å². The topological polar surface area (TPSA) is 25.2 Å². The largest absolute Gasteiger partial charge is 0.464 e. The average molecular weight is 373 g/mol. The van der Waals surface area contributed by atoms with Crippen LogP contribution in [0.3, 0.4) is 0 Å². The van der Waals surface area contributed by atoms with Crippen molar-refractivity contribution in [3.63, 3.8) is 0 Å². The van der Waals surface area contributed by atoms with Crippen molar-refractivity contribution in [1.82, 2.24) is 5.32 Å². The first-order valence-corrected chi connectivity index (χ1v) is 7.44. The third-order valence-electron chi connectivity index (χ3n) is 2.92. The van der Waals surface area contributed by atoms with Crippen LogP contribution in [0.2, 0.25) is 0 Å². The second-order valence-corrected chi connectivity index (χ2v) is 5.66. The van der Waals surface area contributed by atoms with Crippen LogP contribution in [-0.4, -0.2) is 6.54 Å². The van der Waals surface area contributed by atoms with Crippen molar-refractivity contribution in [1.29, 1.82) is 0 Å². The van der Waals surface area contributed by atoms with Gasteiger partial charge in [-0.15, -0.1) is 0 Å². The molecule has 1 aromatic heterocycles. The van der Waals surface area contributed by atoms with Crippen LogP contribution in [0.25, 0.3) is 0 Å². The molecule has 0 aliphatic carbocycles. The summed E-state index contributed by atoms with van der Waals surface area (Å²) >= 11 is 2.16. The summed E-state index contributed by atoms with van der Waals surface area (Å²) in [5.74, 6) is 1.55. The van der Waals surface area contributed by atoms with Crippen molar-refractivity contribution in [3.8, 4) is 0 Å². The molecule has 1 aromatic carbocycles. The highest BCUT2D eigenvalue weighted by Gasteiger charge is 2.19. The van der Waals surface area contributed by atoms with Gasteiger partial charge in [0.05, 0.1) is 6.04 Å². The van der Waals surface area contributed by atoms with E-state index < -0.39 is 0 Å². The van der Waals surface area contributed by atoms with Crippen molar-refractivity contribution >= 4 is 22.6 Å². The zero-order valence-corrected chi connectivity index (χ0v) is 13.2. The van der Waals surface area contributed by atoms with Crippen molar-refractivity contribution < 1.29 is 8.81 Å². The first-order valence-electron chi connectivity index (χ1n) is 6.36. The molecule has 2 rings (SSSR count). The second-order valence-electron chi connectivity index (χ2n) is 4.50. The lowest BCUT2D eigenvalue weighted by Crippen LogP contribution is -2.23. The SMILES string of the molecule is CCCNC(c1ccc(C)o1)c1ccc(F)cc1I. The highest BCUT2D eigenvalue weighted by molar-refractivity contribution is 14.1. The maximum absolute atomic E-state index is 13.2. The maximum atomic E-state index is 13.2. The molecule has 1 atom stereocenters. The number of rotatable bonds is 5. The summed E-state index contributed by atoms with van der Waals surface area (Å²) in [7, 11) is 0. The summed E-state index contributed by atoms with van der Waals surface area (Å²) in [6.45, 7) is 4.93. The molecule has 19 heavy (non-hydrogen) atoms. The maximum Gasteiger partial charge on any atom is 0.125 e. The zero-order valence-electron chi connectivity index (χ0n) is 11.0. The highest BCUT2D eigenvalue weighted by atomic mass is 127. The Kier molecular flexibility index (Phi) is 4.99. The Labute approximate surface area is 126 Å². The minimum absolute atomic E-state index is 0.0267. The fourth-order valence-corrected chi connectivity index (χ4v) is 2.79. The Morgan fingerprint density at radius 2 is 2.11 bits per heavy atom. The third kappa shape index (κ3) is 3.57. The first-order chi connectivity index (χ1) is 9.11. The molecule has 0 saturated carbocycles. The summed E-state index contributed by atoms with van der Waals surface area (Å²) < 4.78 is 19.8. The average Bonchev–Trinajstić information content (AvgIpc) is 2.78. The molecule has 102 valence electrons. The molecule has 2 aromatic rings. The lowest BCUT2D eigenvalue weighted by molar-refractivity contribution is 0.429. The van der Waals surface area contributed by atoms with Crippen LogP contribution in [0.4, 0.5) is 4.39 Å². The van der Waals surface area contributed by atoms with E-state index in [2.05, 4.69) is 34.8 Å². The molecule has 0 amide bonds. The number of furan rings is 1. The molecule has 1 unspecified atom stereocenters.